The van der Waals surface area contributed by atoms with Gasteiger partial charge in [-0.05, 0) is 73.0 Å². The van der Waals surface area contributed by atoms with Crippen LogP contribution >= 0.6 is 0 Å². The molecule has 1 amide bonds. The Kier molecular flexibility index (Phi) is 7.28. The number of amides is 1. The van der Waals surface area contributed by atoms with Crippen LogP contribution in [-0.2, 0) is 10.2 Å². The van der Waals surface area contributed by atoms with E-state index in [1.54, 1.807) is 0 Å². The van der Waals surface area contributed by atoms with Gasteiger partial charge < -0.3 is 19.7 Å². The van der Waals surface area contributed by atoms with E-state index in [-0.39, 0.29) is 17.2 Å². The van der Waals surface area contributed by atoms with Crippen molar-refractivity contribution in [2.75, 3.05) is 38.2 Å². The molecule has 4 rings (SSSR count). The van der Waals surface area contributed by atoms with Crippen molar-refractivity contribution in [1.29, 1.82) is 0 Å². The van der Waals surface area contributed by atoms with Gasteiger partial charge in [0.1, 0.15) is 13.2 Å². The summed E-state index contributed by atoms with van der Waals surface area (Å²) in [5.74, 6) is 2.21. The highest BCUT2D eigenvalue weighted by atomic mass is 16.6. The highest BCUT2D eigenvalue weighted by Crippen LogP contribution is 2.37. The Morgan fingerprint density at radius 3 is 2.33 bits per heavy atom. The van der Waals surface area contributed by atoms with Crippen molar-refractivity contribution in [3.63, 3.8) is 0 Å². The first-order valence-electron chi connectivity index (χ1n) is 12.4. The third-order valence-electron chi connectivity index (χ3n) is 7.08. The number of fused-ring (bicyclic) bond motifs is 1. The van der Waals surface area contributed by atoms with Gasteiger partial charge in [0.15, 0.2) is 11.5 Å². The first kappa shape index (κ1) is 23.6. The monoisotopic (exact) mass is 450 g/mol. The van der Waals surface area contributed by atoms with Crippen LogP contribution in [0.3, 0.4) is 0 Å². The van der Waals surface area contributed by atoms with Crippen LogP contribution in [0.1, 0.15) is 64.0 Å². The molecule has 5 nitrogen and oxygen atoms in total. The number of rotatable bonds is 6. The Labute approximate surface area is 198 Å². The van der Waals surface area contributed by atoms with Crippen molar-refractivity contribution < 1.29 is 14.3 Å². The largest absolute Gasteiger partial charge is 0.486 e. The van der Waals surface area contributed by atoms with E-state index in [1.165, 1.54) is 11.1 Å². The number of nitrogens with one attached hydrogen (secondary N) is 1. The van der Waals surface area contributed by atoms with Crippen LogP contribution in [0.2, 0.25) is 0 Å². The number of benzene rings is 2. The smallest absolute Gasteiger partial charge is 0.224 e. The van der Waals surface area contributed by atoms with Crippen LogP contribution in [0.4, 0.5) is 5.69 Å². The zero-order chi connectivity index (χ0) is 23.4. The van der Waals surface area contributed by atoms with E-state index < -0.39 is 0 Å². The van der Waals surface area contributed by atoms with Gasteiger partial charge in [-0.2, -0.15) is 0 Å². The van der Waals surface area contributed by atoms with Crippen LogP contribution in [0.25, 0.3) is 0 Å². The summed E-state index contributed by atoms with van der Waals surface area (Å²) < 4.78 is 11.3. The minimum absolute atomic E-state index is 0.0505. The standard InChI is InChI=1S/C28H38N2O3/c1-5-30-14-12-21(13-15-30)24(20-6-8-22(9-7-20)28(2,3)4)19-27(31)29-23-10-11-25-26(18-23)33-17-16-32-25/h6-11,18,21,24H,5,12-17,19H2,1-4H3,(H,29,31). The predicted molar refractivity (Wildman–Crippen MR) is 133 cm³/mol. The number of carbonyl (C=O) groups excluding carboxylic acids is 1. The number of ether oxygens (including phenoxy) is 2. The summed E-state index contributed by atoms with van der Waals surface area (Å²) >= 11 is 0. The topological polar surface area (TPSA) is 50.8 Å². The van der Waals surface area contributed by atoms with Gasteiger partial charge in [0.2, 0.25) is 5.91 Å². The highest BCUT2D eigenvalue weighted by Gasteiger charge is 2.29. The second kappa shape index (κ2) is 10.2. The van der Waals surface area contributed by atoms with E-state index in [9.17, 15) is 4.79 Å². The molecule has 0 spiro atoms. The van der Waals surface area contributed by atoms with Gasteiger partial charge in [0, 0.05) is 18.2 Å². The number of hydrogen-bond donors (Lipinski definition) is 1. The molecule has 0 aliphatic carbocycles. The maximum Gasteiger partial charge on any atom is 0.224 e. The molecule has 178 valence electrons. The molecular formula is C28H38N2O3. The fourth-order valence-corrected chi connectivity index (χ4v) is 4.99. The molecule has 0 saturated carbocycles. The molecule has 33 heavy (non-hydrogen) atoms. The molecule has 2 aromatic rings. The summed E-state index contributed by atoms with van der Waals surface area (Å²) in [7, 11) is 0. The van der Waals surface area contributed by atoms with E-state index in [1.807, 2.05) is 18.2 Å². The van der Waals surface area contributed by atoms with Crippen molar-refractivity contribution >= 4 is 11.6 Å². The number of piperidine rings is 1. The third kappa shape index (κ3) is 5.89. The first-order valence-corrected chi connectivity index (χ1v) is 12.4. The Hall–Kier alpha value is -2.53. The van der Waals surface area contributed by atoms with Gasteiger partial charge in [-0.15, -0.1) is 0 Å². The molecule has 2 aliphatic heterocycles. The predicted octanol–water partition coefficient (Wildman–Crippen LogP) is 5.60. The molecule has 2 aliphatic rings. The molecule has 5 heteroatoms. The fraction of sp³-hybridized carbons (Fsp3) is 0.536. The van der Waals surface area contributed by atoms with Gasteiger partial charge in [0.05, 0.1) is 0 Å². The Morgan fingerprint density at radius 2 is 1.70 bits per heavy atom. The molecule has 1 N–H and O–H groups in total. The lowest BCUT2D eigenvalue weighted by atomic mass is 9.77. The molecule has 1 atom stereocenters. The van der Waals surface area contributed by atoms with E-state index in [2.05, 4.69) is 62.2 Å². The first-order chi connectivity index (χ1) is 15.8. The zero-order valence-electron chi connectivity index (χ0n) is 20.5. The summed E-state index contributed by atoms with van der Waals surface area (Å²) in [6.45, 7) is 13.4. The molecule has 2 aromatic carbocycles. The highest BCUT2D eigenvalue weighted by molar-refractivity contribution is 5.91. The Morgan fingerprint density at radius 1 is 1.03 bits per heavy atom. The number of hydrogen-bond acceptors (Lipinski definition) is 4. The second-order valence-corrected chi connectivity index (χ2v) is 10.4. The molecule has 1 fully saturated rings. The molecule has 2 heterocycles. The Balaban J connectivity index is 1.50. The maximum atomic E-state index is 13.2. The van der Waals surface area contributed by atoms with E-state index in [0.717, 1.165) is 43.9 Å². The average molecular weight is 451 g/mol. The van der Waals surface area contributed by atoms with Crippen LogP contribution in [0.15, 0.2) is 42.5 Å². The van der Waals surface area contributed by atoms with Crippen molar-refractivity contribution in [2.24, 2.45) is 5.92 Å². The maximum absolute atomic E-state index is 13.2. The summed E-state index contributed by atoms with van der Waals surface area (Å²) in [4.78, 5) is 15.7. The van der Waals surface area contributed by atoms with Crippen molar-refractivity contribution in [2.45, 2.75) is 58.3 Å². The number of anilines is 1. The number of nitrogens with zero attached hydrogens (tertiary/aromatic N) is 1. The van der Waals surface area contributed by atoms with Gasteiger partial charge in [-0.25, -0.2) is 0 Å². The van der Waals surface area contributed by atoms with Crippen LogP contribution in [0, 0.1) is 5.92 Å². The van der Waals surface area contributed by atoms with Crippen molar-refractivity contribution in [1.82, 2.24) is 4.90 Å². The lowest BCUT2D eigenvalue weighted by Crippen LogP contribution is -2.36. The fourth-order valence-electron chi connectivity index (χ4n) is 4.99. The molecule has 0 aromatic heterocycles. The van der Waals surface area contributed by atoms with Crippen LogP contribution in [0.5, 0.6) is 11.5 Å². The average Bonchev–Trinajstić information content (AvgIpc) is 2.82. The van der Waals surface area contributed by atoms with Gasteiger partial charge in [0.25, 0.3) is 0 Å². The summed E-state index contributed by atoms with van der Waals surface area (Å²) in [5.41, 5.74) is 3.48. The van der Waals surface area contributed by atoms with Crippen LogP contribution < -0.4 is 14.8 Å². The molecule has 0 bridgehead atoms. The van der Waals surface area contributed by atoms with E-state index in [0.29, 0.717) is 31.3 Å². The van der Waals surface area contributed by atoms with Gasteiger partial charge >= 0.3 is 0 Å². The van der Waals surface area contributed by atoms with Gasteiger partial charge in [-0.1, -0.05) is 52.0 Å². The molecular weight excluding hydrogens is 412 g/mol. The van der Waals surface area contributed by atoms with Crippen LogP contribution in [-0.4, -0.2) is 43.7 Å². The molecule has 1 saturated heterocycles. The SMILES string of the molecule is CCN1CCC(C(CC(=O)Nc2ccc3c(c2)OCCO3)c2ccc(C(C)(C)C)cc2)CC1. The van der Waals surface area contributed by atoms with Crippen molar-refractivity contribution in [3.8, 4) is 11.5 Å². The van der Waals surface area contributed by atoms with E-state index >= 15 is 0 Å². The lowest BCUT2D eigenvalue weighted by Gasteiger charge is -2.36. The minimum atomic E-state index is 0.0505. The summed E-state index contributed by atoms with van der Waals surface area (Å²) in [5, 5.41) is 3.10. The summed E-state index contributed by atoms with van der Waals surface area (Å²) in [6, 6.07) is 14.6. The Bertz CT molecular complexity index is 941. The molecule has 1 unspecified atom stereocenters. The summed E-state index contributed by atoms with van der Waals surface area (Å²) in [6.07, 6.45) is 2.76. The van der Waals surface area contributed by atoms with E-state index in [4.69, 9.17) is 9.47 Å². The lowest BCUT2D eigenvalue weighted by molar-refractivity contribution is -0.117. The van der Waals surface area contributed by atoms with Crippen molar-refractivity contribution in [3.05, 3.63) is 53.6 Å². The van der Waals surface area contributed by atoms with Gasteiger partial charge in [-0.3, -0.25) is 4.79 Å². The minimum Gasteiger partial charge on any atom is -0.486 e. The second-order valence-electron chi connectivity index (χ2n) is 10.4. The quantitative estimate of drug-likeness (QED) is 0.622. The zero-order valence-corrected chi connectivity index (χ0v) is 20.5. The number of carbonyl (C=O) groups is 1. The normalized spacial score (nSPS) is 18.1. The number of likely N-dealkylation sites (tertiary alicyclic amines) is 1. The molecule has 0 radical (unpaired) electrons. The third-order valence-corrected chi connectivity index (χ3v) is 7.08.